The van der Waals surface area contributed by atoms with Crippen molar-refractivity contribution < 1.29 is 38.5 Å². The van der Waals surface area contributed by atoms with E-state index in [0.717, 1.165) is 6.07 Å². The molecule has 1 aliphatic heterocycles. The summed E-state index contributed by atoms with van der Waals surface area (Å²) >= 11 is 9.08. The van der Waals surface area contributed by atoms with E-state index < -0.39 is 55.8 Å². The molecule has 0 unspecified atom stereocenters. The molecule has 0 spiro atoms. The van der Waals surface area contributed by atoms with Gasteiger partial charge in [-0.25, -0.2) is 13.8 Å². The van der Waals surface area contributed by atoms with E-state index in [9.17, 15) is 38.5 Å². The van der Waals surface area contributed by atoms with Gasteiger partial charge in [-0.3, -0.25) is 14.4 Å². The van der Waals surface area contributed by atoms with Crippen LogP contribution in [0.1, 0.15) is 28.4 Å². The van der Waals surface area contributed by atoms with E-state index in [1.54, 1.807) is 0 Å². The number of carboxylic acids is 1. The normalized spacial score (nSPS) is 15.1. The van der Waals surface area contributed by atoms with Gasteiger partial charge in [0.15, 0.2) is 5.96 Å². The summed E-state index contributed by atoms with van der Waals surface area (Å²) in [6.07, 6.45) is -0.578. The Morgan fingerprint density at radius 1 is 1.19 bits per heavy atom. The maximum absolute atomic E-state index is 13.2. The van der Waals surface area contributed by atoms with E-state index in [4.69, 9.17) is 11.6 Å². The third kappa shape index (κ3) is 7.92. The lowest BCUT2D eigenvalue weighted by atomic mass is 10.0. The molecule has 1 heterocycles. The van der Waals surface area contributed by atoms with Crippen molar-refractivity contribution in [2.45, 2.75) is 18.4 Å². The molecule has 0 saturated heterocycles. The number of amides is 2. The summed E-state index contributed by atoms with van der Waals surface area (Å²) in [5, 5.41) is 39.5. The quantitative estimate of drug-likeness (QED) is 0.241. The summed E-state index contributed by atoms with van der Waals surface area (Å²) in [6.45, 7) is -1.93. The number of rotatable bonds is 8. The zero-order valence-corrected chi connectivity index (χ0v) is 21.2. The van der Waals surface area contributed by atoms with Crippen molar-refractivity contribution in [3.8, 4) is 11.5 Å². The lowest BCUT2D eigenvalue weighted by Gasteiger charge is -2.23. The third-order valence-electron chi connectivity index (χ3n) is 4.98. The first-order valence-corrected chi connectivity index (χ1v) is 11.7. The number of phenolic OH excluding ortho intramolecular Hbond substituents is 2. The number of benzene rings is 2. The Kier molecular flexibility index (Phi) is 8.76. The van der Waals surface area contributed by atoms with Crippen LogP contribution in [0.5, 0.6) is 11.5 Å². The summed E-state index contributed by atoms with van der Waals surface area (Å²) in [5.41, 5.74) is 0.173. The lowest BCUT2D eigenvalue weighted by Crippen LogP contribution is -2.46. The molecule has 1 atom stereocenters. The molecule has 2 aromatic rings. The number of carboxylic acid groups (broad SMARTS) is 1. The average molecular weight is 605 g/mol. The second kappa shape index (κ2) is 11.6. The number of hydrogen-bond acceptors (Lipinski definition) is 8. The summed E-state index contributed by atoms with van der Waals surface area (Å²) in [5.74, 6) is -6.36. The Labute approximate surface area is 222 Å². The molecular formula is C22H21BrClF2N5O6. The van der Waals surface area contributed by atoms with E-state index in [1.165, 1.54) is 24.3 Å². The van der Waals surface area contributed by atoms with E-state index in [2.05, 4.69) is 42.2 Å². The largest absolute Gasteiger partial charge is 0.508 e. The monoisotopic (exact) mass is 603 g/mol. The minimum atomic E-state index is -2.99. The molecule has 0 aliphatic carbocycles. The van der Waals surface area contributed by atoms with Gasteiger partial charge in [0.2, 0.25) is 5.91 Å². The van der Waals surface area contributed by atoms with Crippen LogP contribution in [0.4, 0.5) is 14.5 Å². The van der Waals surface area contributed by atoms with E-state index in [0.29, 0.717) is 0 Å². The summed E-state index contributed by atoms with van der Waals surface area (Å²) in [6, 6.07) is 5.21. The Hall–Kier alpha value is -3.65. The molecule has 37 heavy (non-hydrogen) atoms. The second-order valence-corrected chi connectivity index (χ2v) is 9.28. The second-order valence-electron chi connectivity index (χ2n) is 7.99. The number of nitrogens with zero attached hydrogens (tertiary/aromatic N) is 1. The number of carbonyl (C=O) groups is 3. The standard InChI is InChI=1S/C22H21BrClF2N5O6/c23-15-4-11(24)3-14(19(15)36)16(6-18(34)35)31-17(33)7-27-20(37)10-1-12(5-13(32)2-10)30-21-28-8-22(25,26)9-29-21/h1-5,16,32,36H,6-9H2,(H,27,37)(H,31,33)(H,34,35)(H2,28,29,30)/t16-/m0/s1. The fourth-order valence-corrected chi connectivity index (χ4v) is 4.16. The van der Waals surface area contributed by atoms with Crippen LogP contribution in [0, 0.1) is 0 Å². The average Bonchev–Trinajstić information content (AvgIpc) is 2.80. The SMILES string of the molecule is O=C(O)C[C@H](NC(=O)CNC(=O)c1cc(O)cc(NC2=NCC(F)(F)CN2)c1)c1cc(Cl)cc(Br)c1O. The first-order valence-electron chi connectivity index (χ1n) is 10.6. The number of anilines is 1. The van der Waals surface area contributed by atoms with Gasteiger partial charge in [-0.2, -0.15) is 0 Å². The fraction of sp³-hybridized carbons (Fsp3) is 0.273. The number of halogens is 4. The number of phenols is 2. The highest BCUT2D eigenvalue weighted by molar-refractivity contribution is 9.10. The number of nitrogens with one attached hydrogen (secondary N) is 4. The Bertz CT molecular complexity index is 1260. The van der Waals surface area contributed by atoms with Crippen molar-refractivity contribution in [2.24, 2.45) is 4.99 Å². The Balaban J connectivity index is 1.66. The van der Waals surface area contributed by atoms with Crippen molar-refractivity contribution in [2.75, 3.05) is 25.0 Å². The topological polar surface area (TPSA) is 172 Å². The van der Waals surface area contributed by atoms with Crippen molar-refractivity contribution >= 4 is 57.0 Å². The maximum Gasteiger partial charge on any atom is 0.305 e. The van der Waals surface area contributed by atoms with Crippen molar-refractivity contribution in [1.29, 1.82) is 0 Å². The molecule has 0 radical (unpaired) electrons. The first kappa shape index (κ1) is 27.9. The molecular weight excluding hydrogens is 584 g/mol. The Morgan fingerprint density at radius 3 is 2.57 bits per heavy atom. The van der Waals surface area contributed by atoms with Gasteiger partial charge < -0.3 is 36.6 Å². The van der Waals surface area contributed by atoms with Crippen LogP contribution < -0.4 is 21.3 Å². The van der Waals surface area contributed by atoms with Gasteiger partial charge in [-0.15, -0.1) is 0 Å². The fourth-order valence-electron chi connectivity index (χ4n) is 3.33. The zero-order chi connectivity index (χ0) is 27.3. The number of carbonyl (C=O) groups excluding carboxylic acids is 2. The van der Waals surface area contributed by atoms with Crippen molar-refractivity contribution in [3.05, 3.63) is 51.0 Å². The molecule has 0 bridgehead atoms. The van der Waals surface area contributed by atoms with Crippen molar-refractivity contribution in [1.82, 2.24) is 16.0 Å². The predicted octanol–water partition coefficient (Wildman–Crippen LogP) is 2.58. The molecule has 198 valence electrons. The van der Waals surface area contributed by atoms with E-state index in [1.807, 2.05) is 0 Å². The van der Waals surface area contributed by atoms with E-state index in [-0.39, 0.29) is 43.8 Å². The first-order chi connectivity index (χ1) is 17.3. The highest BCUT2D eigenvalue weighted by Gasteiger charge is 2.32. The molecule has 15 heteroatoms. The van der Waals surface area contributed by atoms with Crippen LogP contribution in [0.15, 0.2) is 39.8 Å². The number of aliphatic imine (C=N–C) groups is 1. The minimum absolute atomic E-state index is 0.0302. The van der Waals surface area contributed by atoms with Crippen LogP contribution in [-0.4, -0.2) is 64.6 Å². The number of aliphatic carboxylic acids is 1. The molecule has 3 rings (SSSR count). The smallest absolute Gasteiger partial charge is 0.305 e. The number of hydrogen-bond donors (Lipinski definition) is 7. The van der Waals surface area contributed by atoms with Crippen LogP contribution in [0.25, 0.3) is 0 Å². The van der Waals surface area contributed by atoms with Gasteiger partial charge in [0.05, 0.1) is 30.0 Å². The molecule has 0 fully saturated rings. The predicted molar refractivity (Wildman–Crippen MR) is 133 cm³/mol. The Morgan fingerprint density at radius 2 is 1.92 bits per heavy atom. The van der Waals surface area contributed by atoms with Gasteiger partial charge in [-0.05, 0) is 40.2 Å². The highest BCUT2D eigenvalue weighted by atomic mass is 79.9. The van der Waals surface area contributed by atoms with E-state index >= 15 is 0 Å². The lowest BCUT2D eigenvalue weighted by molar-refractivity contribution is -0.137. The number of guanidine groups is 1. The summed E-state index contributed by atoms with van der Waals surface area (Å²) in [7, 11) is 0. The minimum Gasteiger partial charge on any atom is -0.508 e. The molecule has 2 amide bonds. The van der Waals surface area contributed by atoms with Gasteiger partial charge >= 0.3 is 5.97 Å². The van der Waals surface area contributed by atoms with Crippen LogP contribution in [-0.2, 0) is 9.59 Å². The van der Waals surface area contributed by atoms with Crippen molar-refractivity contribution in [3.63, 3.8) is 0 Å². The summed E-state index contributed by atoms with van der Waals surface area (Å²) < 4.78 is 26.6. The number of alkyl halides is 2. The molecule has 1 aliphatic rings. The van der Waals surface area contributed by atoms with Gasteiger partial charge in [0.1, 0.15) is 18.0 Å². The molecule has 0 saturated carbocycles. The molecule has 2 aromatic carbocycles. The van der Waals surface area contributed by atoms with Gasteiger partial charge in [0, 0.05) is 27.9 Å². The van der Waals surface area contributed by atoms with Gasteiger partial charge in [-0.1, -0.05) is 11.6 Å². The van der Waals surface area contributed by atoms with Crippen LogP contribution >= 0.6 is 27.5 Å². The van der Waals surface area contributed by atoms with Gasteiger partial charge in [0.25, 0.3) is 11.8 Å². The molecule has 7 N–H and O–H groups in total. The molecule has 0 aromatic heterocycles. The highest BCUT2D eigenvalue weighted by Crippen LogP contribution is 2.36. The van der Waals surface area contributed by atoms with Crippen LogP contribution in [0.3, 0.4) is 0 Å². The van der Waals surface area contributed by atoms with Crippen LogP contribution in [0.2, 0.25) is 5.02 Å². The maximum atomic E-state index is 13.2. The molecule has 11 nitrogen and oxygen atoms in total. The third-order valence-corrected chi connectivity index (χ3v) is 5.80. The number of aromatic hydroxyl groups is 2. The summed E-state index contributed by atoms with van der Waals surface area (Å²) in [4.78, 5) is 40.0. The zero-order valence-electron chi connectivity index (χ0n) is 18.8.